The second-order valence-electron chi connectivity index (χ2n) is 4.87. The lowest BCUT2D eigenvalue weighted by Crippen LogP contribution is -2.09. The van der Waals surface area contributed by atoms with E-state index < -0.39 is 17.8 Å². The highest BCUT2D eigenvalue weighted by atomic mass is 19.4. The molecule has 1 saturated carbocycles. The number of pyridine rings is 1. The van der Waals surface area contributed by atoms with Crippen molar-refractivity contribution in [2.75, 3.05) is 0 Å². The molecule has 0 radical (unpaired) electrons. The molecule has 0 bridgehead atoms. The third-order valence-electron chi connectivity index (χ3n) is 3.49. The summed E-state index contributed by atoms with van der Waals surface area (Å²) in [7, 11) is 0. The van der Waals surface area contributed by atoms with Crippen molar-refractivity contribution in [1.29, 1.82) is 0 Å². The molecule has 2 rings (SSSR count). The van der Waals surface area contributed by atoms with E-state index in [2.05, 4.69) is 4.98 Å². The maximum Gasteiger partial charge on any atom is 0.417 e. The van der Waals surface area contributed by atoms with E-state index in [4.69, 9.17) is 0 Å². The Kier molecular flexibility index (Phi) is 3.90. The molecular formula is C13H16F3NO. The monoisotopic (exact) mass is 259 g/mol. The zero-order chi connectivity index (χ0) is 13.2. The number of halogens is 3. The largest absolute Gasteiger partial charge is 0.417 e. The van der Waals surface area contributed by atoms with Gasteiger partial charge in [0.25, 0.3) is 0 Å². The first-order valence-corrected chi connectivity index (χ1v) is 6.18. The van der Waals surface area contributed by atoms with E-state index in [0.29, 0.717) is 18.0 Å². The van der Waals surface area contributed by atoms with Gasteiger partial charge in [0.05, 0.1) is 17.4 Å². The molecule has 100 valence electrons. The van der Waals surface area contributed by atoms with Crippen LogP contribution in [0.4, 0.5) is 13.2 Å². The minimum absolute atomic E-state index is 0.329. The van der Waals surface area contributed by atoms with Crippen LogP contribution in [-0.4, -0.2) is 10.1 Å². The second-order valence-corrected chi connectivity index (χ2v) is 4.87. The van der Waals surface area contributed by atoms with Crippen LogP contribution >= 0.6 is 0 Å². The van der Waals surface area contributed by atoms with Gasteiger partial charge in [-0.05, 0) is 24.5 Å². The Morgan fingerprint density at radius 2 is 1.94 bits per heavy atom. The molecule has 1 heterocycles. The number of nitrogens with zero attached hydrogens (tertiary/aromatic N) is 1. The van der Waals surface area contributed by atoms with Crippen molar-refractivity contribution in [3.8, 4) is 0 Å². The average molecular weight is 259 g/mol. The summed E-state index contributed by atoms with van der Waals surface area (Å²) in [5.41, 5.74) is -0.450. The normalized spacial score (nSPS) is 19.1. The Balaban J connectivity index is 2.00. The highest BCUT2D eigenvalue weighted by molar-refractivity contribution is 5.18. The van der Waals surface area contributed by atoms with Gasteiger partial charge in [0.15, 0.2) is 0 Å². The van der Waals surface area contributed by atoms with Crippen LogP contribution in [0.25, 0.3) is 0 Å². The molecule has 5 heteroatoms. The molecule has 18 heavy (non-hydrogen) atoms. The SMILES string of the molecule is OC(CC1CCCC1)c1ccc(C(F)(F)F)cn1. The zero-order valence-electron chi connectivity index (χ0n) is 9.95. The number of aliphatic hydroxyl groups is 1. The highest BCUT2D eigenvalue weighted by Gasteiger charge is 2.31. The molecule has 1 atom stereocenters. The van der Waals surface area contributed by atoms with Gasteiger partial charge in [-0.3, -0.25) is 4.98 Å². The number of hydrogen-bond acceptors (Lipinski definition) is 2. The summed E-state index contributed by atoms with van der Waals surface area (Å²) < 4.78 is 37.0. The summed E-state index contributed by atoms with van der Waals surface area (Å²) in [6.45, 7) is 0. The van der Waals surface area contributed by atoms with Crippen LogP contribution in [0.1, 0.15) is 49.5 Å². The first kappa shape index (κ1) is 13.3. The molecule has 0 amide bonds. The predicted molar refractivity (Wildman–Crippen MR) is 60.8 cm³/mol. The third-order valence-corrected chi connectivity index (χ3v) is 3.49. The van der Waals surface area contributed by atoms with Crippen LogP contribution in [0, 0.1) is 5.92 Å². The molecule has 2 nitrogen and oxygen atoms in total. The highest BCUT2D eigenvalue weighted by Crippen LogP contribution is 2.33. The molecule has 1 N–H and O–H groups in total. The van der Waals surface area contributed by atoms with Crippen molar-refractivity contribution in [3.63, 3.8) is 0 Å². The summed E-state index contributed by atoms with van der Waals surface area (Å²) >= 11 is 0. The second kappa shape index (κ2) is 5.26. The van der Waals surface area contributed by atoms with Crippen LogP contribution < -0.4 is 0 Å². The topological polar surface area (TPSA) is 33.1 Å². The van der Waals surface area contributed by atoms with E-state index in [0.717, 1.165) is 25.1 Å². The van der Waals surface area contributed by atoms with Gasteiger partial charge in [0.2, 0.25) is 0 Å². The van der Waals surface area contributed by atoms with Crippen LogP contribution in [0.5, 0.6) is 0 Å². The van der Waals surface area contributed by atoms with Crippen LogP contribution in [0.2, 0.25) is 0 Å². The lowest BCUT2D eigenvalue weighted by atomic mass is 9.98. The molecule has 0 saturated heterocycles. The maximum absolute atomic E-state index is 12.3. The van der Waals surface area contributed by atoms with Gasteiger partial charge < -0.3 is 5.11 Å². The van der Waals surface area contributed by atoms with Gasteiger partial charge in [0.1, 0.15) is 0 Å². The first-order valence-electron chi connectivity index (χ1n) is 6.18. The minimum Gasteiger partial charge on any atom is -0.387 e. The molecule has 1 aromatic rings. The number of hydrogen-bond donors (Lipinski definition) is 1. The summed E-state index contributed by atoms with van der Waals surface area (Å²) in [5, 5.41) is 9.93. The summed E-state index contributed by atoms with van der Waals surface area (Å²) in [6.07, 6.45) is 0.800. The lowest BCUT2D eigenvalue weighted by molar-refractivity contribution is -0.137. The molecule has 1 fully saturated rings. The van der Waals surface area contributed by atoms with E-state index in [9.17, 15) is 18.3 Å². The van der Waals surface area contributed by atoms with Crippen molar-refractivity contribution in [1.82, 2.24) is 4.98 Å². The van der Waals surface area contributed by atoms with Crippen LogP contribution in [0.15, 0.2) is 18.3 Å². The predicted octanol–water partition coefficient (Wildman–Crippen LogP) is 3.71. The molecule has 1 unspecified atom stereocenters. The summed E-state index contributed by atoms with van der Waals surface area (Å²) in [4.78, 5) is 3.72. The lowest BCUT2D eigenvalue weighted by Gasteiger charge is -2.15. The van der Waals surface area contributed by atoms with Gasteiger partial charge in [-0.15, -0.1) is 0 Å². The molecule has 0 aromatic carbocycles. The quantitative estimate of drug-likeness (QED) is 0.897. The first-order chi connectivity index (χ1) is 8.47. The van der Waals surface area contributed by atoms with E-state index in [-0.39, 0.29) is 0 Å². The van der Waals surface area contributed by atoms with Crippen molar-refractivity contribution in [3.05, 3.63) is 29.6 Å². The van der Waals surface area contributed by atoms with Crippen molar-refractivity contribution < 1.29 is 18.3 Å². The fraction of sp³-hybridized carbons (Fsp3) is 0.615. The number of aromatic nitrogens is 1. The number of aliphatic hydroxyl groups excluding tert-OH is 1. The third kappa shape index (κ3) is 3.22. The minimum atomic E-state index is -4.37. The van der Waals surface area contributed by atoms with Crippen LogP contribution in [0.3, 0.4) is 0 Å². The summed E-state index contributed by atoms with van der Waals surface area (Å²) in [5.74, 6) is 0.476. The van der Waals surface area contributed by atoms with E-state index >= 15 is 0 Å². The van der Waals surface area contributed by atoms with E-state index in [1.165, 1.54) is 18.9 Å². The fourth-order valence-electron chi connectivity index (χ4n) is 2.45. The molecule has 1 aliphatic carbocycles. The fourth-order valence-corrected chi connectivity index (χ4v) is 2.45. The van der Waals surface area contributed by atoms with Crippen molar-refractivity contribution in [2.45, 2.75) is 44.4 Å². The maximum atomic E-state index is 12.3. The van der Waals surface area contributed by atoms with Crippen molar-refractivity contribution >= 4 is 0 Å². The van der Waals surface area contributed by atoms with E-state index in [1.807, 2.05) is 0 Å². The Morgan fingerprint density at radius 1 is 1.28 bits per heavy atom. The Labute approximate surface area is 104 Å². The number of alkyl halides is 3. The smallest absolute Gasteiger partial charge is 0.387 e. The van der Waals surface area contributed by atoms with Crippen molar-refractivity contribution in [2.24, 2.45) is 5.92 Å². The molecular weight excluding hydrogens is 243 g/mol. The molecule has 1 aromatic heterocycles. The Bertz CT molecular complexity index is 382. The molecule has 1 aliphatic rings. The number of rotatable bonds is 3. The van der Waals surface area contributed by atoms with Gasteiger partial charge in [-0.1, -0.05) is 25.7 Å². The Morgan fingerprint density at radius 3 is 2.44 bits per heavy atom. The van der Waals surface area contributed by atoms with Crippen LogP contribution in [-0.2, 0) is 6.18 Å². The Hall–Kier alpha value is -1.10. The van der Waals surface area contributed by atoms with Gasteiger partial charge >= 0.3 is 6.18 Å². The van der Waals surface area contributed by atoms with Gasteiger partial charge in [0, 0.05) is 6.20 Å². The van der Waals surface area contributed by atoms with Gasteiger partial charge in [-0.2, -0.15) is 13.2 Å². The molecule has 0 spiro atoms. The van der Waals surface area contributed by atoms with Gasteiger partial charge in [-0.25, -0.2) is 0 Å². The average Bonchev–Trinajstić information content (AvgIpc) is 2.81. The zero-order valence-corrected chi connectivity index (χ0v) is 9.95. The van der Waals surface area contributed by atoms with E-state index in [1.54, 1.807) is 0 Å². The summed E-state index contributed by atoms with van der Waals surface area (Å²) in [6, 6.07) is 2.24. The molecule has 0 aliphatic heterocycles. The standard InChI is InChI=1S/C13H16F3NO/c14-13(15,16)10-5-6-11(17-8-10)12(18)7-9-3-1-2-4-9/h5-6,8-9,12,18H,1-4,7H2.